The Morgan fingerprint density at radius 2 is 2.07 bits per heavy atom. The predicted octanol–water partition coefficient (Wildman–Crippen LogP) is 2.48. The van der Waals surface area contributed by atoms with Crippen LogP contribution in [0.3, 0.4) is 0 Å². The van der Waals surface area contributed by atoms with E-state index in [9.17, 15) is 23.1 Å². The second kappa shape index (κ2) is 6.70. The molecule has 148 valence electrons. The maximum absolute atomic E-state index is 13.0. The van der Waals surface area contributed by atoms with Crippen LogP contribution in [0.1, 0.15) is 31.9 Å². The first-order chi connectivity index (χ1) is 12.5. The predicted molar refractivity (Wildman–Crippen MR) is 92.3 cm³/mol. The largest absolute Gasteiger partial charge is 0.426 e. The SMILES string of the molecule is C[C@@H]1CN(C(=O)[C@@](C)(O)C(F)(F)F)CC[C@@H]1c1cccn1-c1cnn(C)c1. The first-order valence-electron chi connectivity index (χ1n) is 8.77. The number of alkyl halides is 3. The lowest BCUT2D eigenvalue weighted by atomic mass is 9.83. The highest BCUT2D eigenvalue weighted by Crippen LogP contribution is 2.37. The van der Waals surface area contributed by atoms with Crippen molar-refractivity contribution in [3.8, 4) is 5.69 Å². The fraction of sp³-hybridized carbons (Fsp3) is 0.556. The van der Waals surface area contributed by atoms with Crippen molar-refractivity contribution in [2.75, 3.05) is 13.1 Å². The van der Waals surface area contributed by atoms with Crippen molar-refractivity contribution in [3.05, 3.63) is 36.4 Å². The van der Waals surface area contributed by atoms with E-state index in [0.717, 1.165) is 16.3 Å². The zero-order valence-electron chi connectivity index (χ0n) is 15.4. The second-order valence-electron chi connectivity index (χ2n) is 7.37. The first-order valence-corrected chi connectivity index (χ1v) is 8.77. The summed E-state index contributed by atoms with van der Waals surface area (Å²) in [4.78, 5) is 13.4. The van der Waals surface area contributed by atoms with Gasteiger partial charge in [-0.05, 0) is 31.4 Å². The summed E-state index contributed by atoms with van der Waals surface area (Å²) in [6.07, 6.45) is 1.07. The summed E-state index contributed by atoms with van der Waals surface area (Å²) in [7, 11) is 1.83. The lowest BCUT2D eigenvalue weighted by molar-refractivity contribution is -0.250. The van der Waals surface area contributed by atoms with E-state index in [2.05, 4.69) is 5.10 Å². The molecule has 1 N–H and O–H groups in total. The molecule has 1 aliphatic heterocycles. The molecule has 27 heavy (non-hydrogen) atoms. The summed E-state index contributed by atoms with van der Waals surface area (Å²) >= 11 is 0. The number of amides is 1. The molecule has 1 fully saturated rings. The van der Waals surface area contributed by atoms with Gasteiger partial charge < -0.3 is 14.6 Å². The van der Waals surface area contributed by atoms with Gasteiger partial charge in [-0.25, -0.2) is 0 Å². The Morgan fingerprint density at radius 3 is 2.63 bits per heavy atom. The molecule has 1 aliphatic rings. The molecular formula is C18H23F3N4O2. The fourth-order valence-corrected chi connectivity index (χ4v) is 3.66. The molecule has 6 nitrogen and oxygen atoms in total. The summed E-state index contributed by atoms with van der Waals surface area (Å²) in [5.74, 6) is -1.26. The third-order valence-corrected chi connectivity index (χ3v) is 5.29. The maximum Gasteiger partial charge on any atom is 0.426 e. The highest BCUT2D eigenvalue weighted by Gasteiger charge is 2.57. The van der Waals surface area contributed by atoms with E-state index >= 15 is 0 Å². The van der Waals surface area contributed by atoms with E-state index in [1.54, 1.807) is 10.9 Å². The number of hydrogen-bond donors (Lipinski definition) is 1. The monoisotopic (exact) mass is 384 g/mol. The van der Waals surface area contributed by atoms with Gasteiger partial charge in [-0.15, -0.1) is 0 Å². The summed E-state index contributed by atoms with van der Waals surface area (Å²) in [5, 5.41) is 13.8. The van der Waals surface area contributed by atoms with Crippen LogP contribution in [0.25, 0.3) is 5.69 Å². The Morgan fingerprint density at radius 1 is 1.37 bits per heavy atom. The van der Waals surface area contributed by atoms with Gasteiger partial charge in [0.1, 0.15) is 0 Å². The van der Waals surface area contributed by atoms with Crippen LogP contribution < -0.4 is 0 Å². The molecule has 0 saturated carbocycles. The van der Waals surface area contributed by atoms with E-state index in [1.165, 1.54) is 0 Å². The summed E-state index contributed by atoms with van der Waals surface area (Å²) in [5.41, 5.74) is -1.43. The molecule has 2 aromatic heterocycles. The van der Waals surface area contributed by atoms with Gasteiger partial charge in [0.15, 0.2) is 0 Å². The standard InChI is InChI=1S/C18H23F3N4O2/c1-12-10-24(16(26)17(2,27)18(19,20)21)8-6-14(12)15-5-4-7-25(15)13-9-22-23(3)11-13/h4-5,7,9,11-12,14,27H,6,8,10H2,1-3H3/t12-,14+,17-/m1/s1. The van der Waals surface area contributed by atoms with E-state index in [1.807, 2.05) is 43.1 Å². The minimum Gasteiger partial charge on any atom is -0.373 e. The molecule has 0 bridgehead atoms. The van der Waals surface area contributed by atoms with E-state index in [4.69, 9.17) is 0 Å². The molecule has 3 rings (SSSR count). The molecule has 2 aromatic rings. The van der Waals surface area contributed by atoms with Gasteiger partial charge in [0.2, 0.25) is 5.60 Å². The second-order valence-corrected chi connectivity index (χ2v) is 7.37. The number of hydrogen-bond acceptors (Lipinski definition) is 3. The van der Waals surface area contributed by atoms with Crippen LogP contribution >= 0.6 is 0 Å². The molecule has 3 atom stereocenters. The summed E-state index contributed by atoms with van der Waals surface area (Å²) < 4.78 is 42.6. The number of carbonyl (C=O) groups is 1. The highest BCUT2D eigenvalue weighted by atomic mass is 19.4. The lowest BCUT2D eigenvalue weighted by Gasteiger charge is -2.40. The van der Waals surface area contributed by atoms with Gasteiger partial charge in [0.05, 0.1) is 11.9 Å². The van der Waals surface area contributed by atoms with Gasteiger partial charge >= 0.3 is 6.18 Å². The van der Waals surface area contributed by atoms with Crippen molar-refractivity contribution in [3.63, 3.8) is 0 Å². The average Bonchev–Trinajstić information content (AvgIpc) is 3.21. The van der Waals surface area contributed by atoms with E-state index in [0.29, 0.717) is 13.3 Å². The number of aromatic nitrogens is 3. The lowest BCUT2D eigenvalue weighted by Crippen LogP contribution is -2.58. The Kier molecular flexibility index (Phi) is 4.83. The molecule has 1 saturated heterocycles. The van der Waals surface area contributed by atoms with Crippen LogP contribution in [0.4, 0.5) is 13.2 Å². The molecule has 0 aromatic carbocycles. The van der Waals surface area contributed by atoms with E-state index in [-0.39, 0.29) is 24.9 Å². The normalized spacial score (nSPS) is 23.3. The number of nitrogens with zero attached hydrogens (tertiary/aromatic N) is 4. The van der Waals surface area contributed by atoms with Crippen molar-refractivity contribution >= 4 is 5.91 Å². The minimum absolute atomic E-state index is 0.0583. The first kappa shape index (κ1) is 19.5. The van der Waals surface area contributed by atoms with Crippen LogP contribution in [-0.2, 0) is 11.8 Å². The number of piperidine rings is 1. The molecule has 0 spiro atoms. The topological polar surface area (TPSA) is 63.3 Å². The molecule has 0 unspecified atom stereocenters. The zero-order chi connectivity index (χ0) is 20.0. The van der Waals surface area contributed by atoms with Crippen molar-refractivity contribution in [1.29, 1.82) is 0 Å². The smallest absolute Gasteiger partial charge is 0.373 e. The number of aliphatic hydroxyl groups is 1. The highest BCUT2D eigenvalue weighted by molar-refractivity contribution is 5.85. The molecule has 3 heterocycles. The molecule has 0 radical (unpaired) electrons. The Labute approximate surface area is 155 Å². The van der Waals surface area contributed by atoms with Crippen LogP contribution in [-0.4, -0.2) is 55.1 Å². The molecule has 9 heteroatoms. The maximum atomic E-state index is 13.0. The van der Waals surface area contributed by atoms with Gasteiger partial charge in [-0.1, -0.05) is 6.92 Å². The number of likely N-dealkylation sites (tertiary alicyclic amines) is 1. The zero-order valence-corrected chi connectivity index (χ0v) is 15.4. The summed E-state index contributed by atoms with van der Waals surface area (Å²) in [6, 6.07) is 3.90. The van der Waals surface area contributed by atoms with Gasteiger partial charge in [-0.2, -0.15) is 18.3 Å². The van der Waals surface area contributed by atoms with Crippen molar-refractivity contribution in [2.24, 2.45) is 13.0 Å². The number of rotatable bonds is 3. The van der Waals surface area contributed by atoms with Crippen molar-refractivity contribution in [1.82, 2.24) is 19.2 Å². The Balaban J connectivity index is 1.77. The Hall–Kier alpha value is -2.29. The average molecular weight is 384 g/mol. The van der Waals surface area contributed by atoms with Gasteiger partial charge in [0, 0.05) is 44.1 Å². The number of halogens is 3. The quantitative estimate of drug-likeness (QED) is 0.884. The number of aryl methyl sites for hydroxylation is 1. The van der Waals surface area contributed by atoms with E-state index < -0.39 is 17.7 Å². The van der Waals surface area contributed by atoms with Crippen molar-refractivity contribution in [2.45, 2.75) is 38.0 Å². The third-order valence-electron chi connectivity index (χ3n) is 5.29. The Bertz CT molecular complexity index is 825. The van der Waals surface area contributed by atoms with Crippen LogP contribution in [0.5, 0.6) is 0 Å². The molecular weight excluding hydrogens is 361 g/mol. The minimum atomic E-state index is -5.00. The van der Waals surface area contributed by atoms with Crippen molar-refractivity contribution < 1.29 is 23.1 Å². The fourth-order valence-electron chi connectivity index (χ4n) is 3.66. The molecule has 1 amide bonds. The van der Waals surface area contributed by atoms with Crippen LogP contribution in [0.2, 0.25) is 0 Å². The van der Waals surface area contributed by atoms with Crippen LogP contribution in [0, 0.1) is 5.92 Å². The summed E-state index contributed by atoms with van der Waals surface area (Å²) in [6.45, 7) is 2.75. The third kappa shape index (κ3) is 3.47. The van der Waals surface area contributed by atoms with Gasteiger partial charge in [-0.3, -0.25) is 9.48 Å². The van der Waals surface area contributed by atoms with Crippen LogP contribution in [0.15, 0.2) is 30.7 Å². The molecule has 0 aliphatic carbocycles. The number of carbonyl (C=O) groups excluding carboxylic acids is 1. The van der Waals surface area contributed by atoms with Gasteiger partial charge in [0.25, 0.3) is 5.91 Å².